The van der Waals surface area contributed by atoms with E-state index in [0.717, 1.165) is 16.7 Å². The van der Waals surface area contributed by atoms with Crippen LogP contribution in [0.25, 0.3) is 11.1 Å². The maximum Gasteiger partial charge on any atom is 0.165 e. The molecule has 2 aromatic rings. The van der Waals surface area contributed by atoms with Crippen molar-refractivity contribution in [2.45, 2.75) is 40.0 Å². The molecule has 0 bridgehead atoms. The number of aryl methyl sites for hydroxylation is 2. The van der Waals surface area contributed by atoms with Crippen LogP contribution < -0.4 is 4.74 Å². The maximum atomic E-state index is 10.7. The summed E-state index contributed by atoms with van der Waals surface area (Å²) in [4.78, 5) is 0. The zero-order valence-corrected chi connectivity index (χ0v) is 14.1. The van der Waals surface area contributed by atoms with Crippen LogP contribution >= 0.6 is 0 Å². The first-order valence-corrected chi connectivity index (χ1v) is 7.37. The van der Waals surface area contributed by atoms with E-state index in [-0.39, 0.29) is 16.9 Å². The summed E-state index contributed by atoms with van der Waals surface area (Å²) in [5, 5.41) is 21.2. The number of phenols is 2. The summed E-state index contributed by atoms with van der Waals surface area (Å²) in [5.41, 5.74) is 3.89. The molecule has 2 N–H and O–H groups in total. The molecule has 118 valence electrons. The zero-order valence-electron chi connectivity index (χ0n) is 14.1. The van der Waals surface area contributed by atoms with Crippen LogP contribution in [-0.2, 0) is 5.41 Å². The lowest BCUT2D eigenvalue weighted by Crippen LogP contribution is -2.12. The highest BCUT2D eigenvalue weighted by Crippen LogP contribution is 2.45. The fraction of sp³-hybridized carbons (Fsp3) is 0.368. The van der Waals surface area contributed by atoms with Crippen molar-refractivity contribution in [3.05, 3.63) is 41.0 Å². The van der Waals surface area contributed by atoms with E-state index in [1.165, 1.54) is 7.11 Å². The van der Waals surface area contributed by atoms with Crippen molar-refractivity contribution in [2.75, 3.05) is 7.11 Å². The van der Waals surface area contributed by atoms with Crippen molar-refractivity contribution < 1.29 is 14.9 Å². The quantitative estimate of drug-likeness (QED) is 0.846. The van der Waals surface area contributed by atoms with Gasteiger partial charge in [0.05, 0.1) is 7.11 Å². The molecule has 0 aliphatic heterocycles. The molecule has 0 amide bonds. The maximum absolute atomic E-state index is 10.7. The second-order valence-electron chi connectivity index (χ2n) is 6.82. The van der Waals surface area contributed by atoms with Gasteiger partial charge in [-0.3, -0.25) is 0 Å². The molecule has 2 aromatic carbocycles. The molecule has 3 heteroatoms. The first-order valence-electron chi connectivity index (χ1n) is 7.37. The summed E-state index contributed by atoms with van der Waals surface area (Å²) in [5.74, 6) is 0.670. The average molecular weight is 300 g/mol. The number of methoxy groups -OCH3 is 1. The van der Waals surface area contributed by atoms with E-state index >= 15 is 0 Å². The van der Waals surface area contributed by atoms with Gasteiger partial charge in [-0.2, -0.15) is 0 Å². The van der Waals surface area contributed by atoms with Crippen LogP contribution in [-0.4, -0.2) is 17.3 Å². The summed E-state index contributed by atoms with van der Waals surface area (Å²) in [6, 6.07) is 7.51. The van der Waals surface area contributed by atoms with Gasteiger partial charge in [0.15, 0.2) is 11.5 Å². The average Bonchev–Trinajstić information content (AvgIpc) is 2.42. The molecule has 0 saturated heterocycles. The van der Waals surface area contributed by atoms with Gasteiger partial charge in [-0.25, -0.2) is 0 Å². The second-order valence-corrected chi connectivity index (χ2v) is 6.82. The van der Waals surface area contributed by atoms with Crippen LogP contribution in [0.15, 0.2) is 24.3 Å². The molecule has 0 fully saturated rings. The third-order valence-electron chi connectivity index (χ3n) is 3.79. The highest BCUT2D eigenvalue weighted by Gasteiger charge is 2.23. The Labute approximate surface area is 132 Å². The third kappa shape index (κ3) is 2.89. The van der Waals surface area contributed by atoms with Crippen molar-refractivity contribution >= 4 is 0 Å². The molecule has 0 aromatic heterocycles. The van der Waals surface area contributed by atoms with Crippen molar-refractivity contribution in [1.29, 1.82) is 0 Å². The molecule has 0 heterocycles. The fourth-order valence-corrected chi connectivity index (χ4v) is 2.66. The summed E-state index contributed by atoms with van der Waals surface area (Å²) >= 11 is 0. The number of ether oxygens (including phenoxy) is 1. The minimum absolute atomic E-state index is 0.0499. The van der Waals surface area contributed by atoms with Gasteiger partial charge in [0, 0.05) is 16.7 Å². The number of aromatic hydroxyl groups is 2. The minimum atomic E-state index is -0.186. The fourth-order valence-electron chi connectivity index (χ4n) is 2.66. The number of hydrogen-bond donors (Lipinski definition) is 2. The molecule has 0 spiro atoms. The largest absolute Gasteiger partial charge is 0.507 e. The molecule has 0 unspecified atom stereocenters. The summed E-state index contributed by atoms with van der Waals surface area (Å²) in [6.45, 7) is 10.1. The van der Waals surface area contributed by atoms with Gasteiger partial charge in [-0.15, -0.1) is 0 Å². The Morgan fingerprint density at radius 3 is 1.82 bits per heavy atom. The molecule has 0 atom stereocenters. The van der Waals surface area contributed by atoms with Crippen LogP contribution in [0.1, 0.15) is 37.5 Å². The molecule has 0 saturated carbocycles. The van der Waals surface area contributed by atoms with Crippen molar-refractivity contribution in [2.24, 2.45) is 0 Å². The standard InChI is InChI=1S/C19H24O3/c1-11-7-13(17(20)15(9-11)19(3,4)5)14-8-12(2)10-16(22-6)18(14)21/h7-10,20-21H,1-6H3. The monoisotopic (exact) mass is 300 g/mol. The zero-order chi connectivity index (χ0) is 16.7. The van der Waals surface area contributed by atoms with Gasteiger partial charge < -0.3 is 14.9 Å². The predicted octanol–water partition coefficient (Wildman–Crippen LogP) is 4.69. The van der Waals surface area contributed by atoms with Crippen LogP contribution in [0.4, 0.5) is 0 Å². The van der Waals surface area contributed by atoms with Crippen LogP contribution in [0.5, 0.6) is 17.2 Å². The Hall–Kier alpha value is -2.16. The Morgan fingerprint density at radius 1 is 0.818 bits per heavy atom. The number of rotatable bonds is 2. The van der Waals surface area contributed by atoms with Gasteiger partial charge in [0.1, 0.15) is 5.75 Å². The first-order chi connectivity index (χ1) is 10.1. The molecule has 0 aliphatic carbocycles. The summed E-state index contributed by atoms with van der Waals surface area (Å²) < 4.78 is 5.22. The molecule has 0 aliphatic rings. The molecular weight excluding hydrogens is 276 g/mol. The van der Waals surface area contributed by atoms with Gasteiger partial charge in [0.2, 0.25) is 0 Å². The lowest BCUT2D eigenvalue weighted by atomic mass is 9.83. The number of benzene rings is 2. The van der Waals surface area contributed by atoms with Crippen molar-refractivity contribution in [1.82, 2.24) is 0 Å². The van der Waals surface area contributed by atoms with Crippen molar-refractivity contribution in [3.63, 3.8) is 0 Å². The summed E-state index contributed by atoms with van der Waals surface area (Å²) in [6.07, 6.45) is 0. The SMILES string of the molecule is COc1cc(C)cc(-c2cc(C)cc(C(C)(C)C)c2O)c1O. The van der Waals surface area contributed by atoms with E-state index in [1.54, 1.807) is 6.07 Å². The normalized spacial score (nSPS) is 11.5. The summed E-state index contributed by atoms with van der Waals surface area (Å²) in [7, 11) is 1.52. The highest BCUT2D eigenvalue weighted by atomic mass is 16.5. The van der Waals surface area contributed by atoms with Crippen LogP contribution in [0.3, 0.4) is 0 Å². The number of hydrogen-bond acceptors (Lipinski definition) is 3. The van der Waals surface area contributed by atoms with E-state index in [4.69, 9.17) is 4.74 Å². The Balaban J connectivity index is 2.79. The Morgan fingerprint density at radius 2 is 1.32 bits per heavy atom. The Kier molecular flexibility index (Phi) is 4.10. The van der Waals surface area contributed by atoms with Gasteiger partial charge >= 0.3 is 0 Å². The second kappa shape index (κ2) is 5.56. The van der Waals surface area contributed by atoms with Crippen LogP contribution in [0.2, 0.25) is 0 Å². The smallest absolute Gasteiger partial charge is 0.165 e. The minimum Gasteiger partial charge on any atom is -0.507 e. The van der Waals surface area contributed by atoms with Gasteiger partial charge in [0.25, 0.3) is 0 Å². The van der Waals surface area contributed by atoms with Crippen molar-refractivity contribution in [3.8, 4) is 28.4 Å². The predicted molar refractivity (Wildman–Crippen MR) is 89.9 cm³/mol. The molecule has 22 heavy (non-hydrogen) atoms. The van der Waals surface area contributed by atoms with Gasteiger partial charge in [-0.05, 0) is 48.6 Å². The lowest BCUT2D eigenvalue weighted by molar-refractivity contribution is 0.374. The van der Waals surface area contributed by atoms with E-state index in [0.29, 0.717) is 16.9 Å². The third-order valence-corrected chi connectivity index (χ3v) is 3.79. The highest BCUT2D eigenvalue weighted by molar-refractivity contribution is 5.80. The molecule has 0 radical (unpaired) electrons. The van der Waals surface area contributed by atoms with E-state index in [2.05, 4.69) is 20.8 Å². The van der Waals surface area contributed by atoms with E-state index in [1.807, 2.05) is 32.0 Å². The van der Waals surface area contributed by atoms with Gasteiger partial charge in [-0.1, -0.05) is 26.8 Å². The number of phenolic OH excluding ortho intramolecular Hbond substituents is 2. The first kappa shape index (κ1) is 16.2. The molecule has 2 rings (SSSR count). The van der Waals surface area contributed by atoms with E-state index < -0.39 is 0 Å². The van der Waals surface area contributed by atoms with Crippen LogP contribution in [0, 0.1) is 13.8 Å². The molecule has 3 nitrogen and oxygen atoms in total. The topological polar surface area (TPSA) is 49.7 Å². The Bertz CT molecular complexity index is 710. The lowest BCUT2D eigenvalue weighted by Gasteiger charge is -2.23. The van der Waals surface area contributed by atoms with E-state index in [9.17, 15) is 10.2 Å². The molecular formula is C19H24O3.